The van der Waals surface area contributed by atoms with Crippen molar-refractivity contribution in [2.45, 2.75) is 38.6 Å². The molecule has 1 fully saturated rings. The molecule has 0 saturated carbocycles. The number of pyridine rings is 1. The number of carbonyl (C=O) groups excluding carboxylic acids is 1. The lowest BCUT2D eigenvalue weighted by molar-refractivity contribution is -0.122. The third-order valence-corrected chi connectivity index (χ3v) is 3.69. The molecule has 4 heteroatoms. The molecule has 2 heterocycles. The molecule has 0 spiro atoms. The van der Waals surface area contributed by atoms with Gasteiger partial charge in [0.1, 0.15) is 0 Å². The molecule has 2 N–H and O–H groups in total. The van der Waals surface area contributed by atoms with Crippen molar-refractivity contribution in [2.24, 2.45) is 5.92 Å². The first kappa shape index (κ1) is 14.0. The maximum atomic E-state index is 11.9. The summed E-state index contributed by atoms with van der Waals surface area (Å²) in [6.07, 6.45) is 5.83. The fraction of sp³-hybridized carbons (Fsp3) is 0.600. The Labute approximate surface area is 115 Å². The minimum atomic E-state index is -0.0156. The van der Waals surface area contributed by atoms with E-state index in [1.807, 2.05) is 25.1 Å². The minimum absolute atomic E-state index is 0.0156. The lowest BCUT2D eigenvalue weighted by Gasteiger charge is -2.22. The molecule has 2 rings (SSSR count). The van der Waals surface area contributed by atoms with E-state index >= 15 is 0 Å². The van der Waals surface area contributed by atoms with Gasteiger partial charge in [0.15, 0.2) is 0 Å². The number of nitrogens with zero attached hydrogens (tertiary/aromatic N) is 1. The van der Waals surface area contributed by atoms with E-state index in [4.69, 9.17) is 0 Å². The maximum absolute atomic E-state index is 11.9. The SMILES string of the molecule is C[C@H](NC(=O)CCC1CCCNC1)c1ccccn1. The van der Waals surface area contributed by atoms with Crippen molar-refractivity contribution in [1.82, 2.24) is 15.6 Å². The van der Waals surface area contributed by atoms with Crippen LogP contribution in [0.4, 0.5) is 0 Å². The van der Waals surface area contributed by atoms with Crippen LogP contribution >= 0.6 is 0 Å². The Bertz CT molecular complexity index is 388. The van der Waals surface area contributed by atoms with Crippen LogP contribution in [0.15, 0.2) is 24.4 Å². The number of aromatic nitrogens is 1. The van der Waals surface area contributed by atoms with Gasteiger partial charge in [-0.2, -0.15) is 0 Å². The zero-order valence-electron chi connectivity index (χ0n) is 11.6. The summed E-state index contributed by atoms with van der Waals surface area (Å²) < 4.78 is 0. The van der Waals surface area contributed by atoms with Crippen LogP contribution in [0.5, 0.6) is 0 Å². The number of hydrogen-bond acceptors (Lipinski definition) is 3. The monoisotopic (exact) mass is 261 g/mol. The molecule has 1 aromatic rings. The lowest BCUT2D eigenvalue weighted by atomic mass is 9.94. The van der Waals surface area contributed by atoms with E-state index < -0.39 is 0 Å². The fourth-order valence-electron chi connectivity index (χ4n) is 2.53. The quantitative estimate of drug-likeness (QED) is 0.853. The molecule has 19 heavy (non-hydrogen) atoms. The van der Waals surface area contributed by atoms with Crippen molar-refractivity contribution < 1.29 is 4.79 Å². The summed E-state index contributed by atoms with van der Waals surface area (Å²) in [5, 5.41) is 6.40. The Balaban J connectivity index is 1.71. The number of hydrogen-bond donors (Lipinski definition) is 2. The fourth-order valence-corrected chi connectivity index (χ4v) is 2.53. The summed E-state index contributed by atoms with van der Waals surface area (Å²) in [7, 11) is 0. The van der Waals surface area contributed by atoms with Gasteiger partial charge >= 0.3 is 0 Å². The predicted octanol–water partition coefficient (Wildman–Crippen LogP) is 2.04. The van der Waals surface area contributed by atoms with Crippen LogP contribution in [0, 0.1) is 5.92 Å². The van der Waals surface area contributed by atoms with Crippen LogP contribution in [-0.2, 0) is 4.79 Å². The van der Waals surface area contributed by atoms with Gasteiger partial charge in [-0.05, 0) is 57.3 Å². The molecule has 1 aromatic heterocycles. The topological polar surface area (TPSA) is 54.0 Å². The molecule has 1 aliphatic rings. The van der Waals surface area contributed by atoms with E-state index in [1.165, 1.54) is 12.8 Å². The highest BCUT2D eigenvalue weighted by Gasteiger charge is 2.15. The Morgan fingerprint density at radius 3 is 3.16 bits per heavy atom. The molecule has 0 aromatic carbocycles. The number of nitrogens with one attached hydrogen (secondary N) is 2. The minimum Gasteiger partial charge on any atom is -0.348 e. The third-order valence-electron chi connectivity index (χ3n) is 3.69. The van der Waals surface area contributed by atoms with E-state index in [1.54, 1.807) is 6.20 Å². The second-order valence-corrected chi connectivity index (χ2v) is 5.29. The molecule has 0 bridgehead atoms. The van der Waals surface area contributed by atoms with E-state index in [-0.39, 0.29) is 11.9 Å². The maximum Gasteiger partial charge on any atom is 0.220 e. The highest BCUT2D eigenvalue weighted by Crippen LogP contribution is 2.16. The molecule has 0 radical (unpaired) electrons. The smallest absolute Gasteiger partial charge is 0.220 e. The van der Waals surface area contributed by atoms with Crippen LogP contribution < -0.4 is 10.6 Å². The molecular weight excluding hydrogens is 238 g/mol. The first-order chi connectivity index (χ1) is 9.25. The number of piperidine rings is 1. The molecule has 1 aliphatic heterocycles. The largest absolute Gasteiger partial charge is 0.348 e. The van der Waals surface area contributed by atoms with Crippen molar-refractivity contribution in [2.75, 3.05) is 13.1 Å². The lowest BCUT2D eigenvalue weighted by Crippen LogP contribution is -2.32. The highest BCUT2D eigenvalue weighted by atomic mass is 16.1. The predicted molar refractivity (Wildman–Crippen MR) is 75.6 cm³/mol. The Morgan fingerprint density at radius 1 is 1.58 bits per heavy atom. The summed E-state index contributed by atoms with van der Waals surface area (Å²) >= 11 is 0. The van der Waals surface area contributed by atoms with Crippen LogP contribution in [0.2, 0.25) is 0 Å². The second-order valence-electron chi connectivity index (χ2n) is 5.29. The molecule has 4 nitrogen and oxygen atoms in total. The van der Waals surface area contributed by atoms with E-state index in [0.29, 0.717) is 12.3 Å². The normalized spacial score (nSPS) is 20.8. The average Bonchev–Trinajstić information content (AvgIpc) is 2.47. The van der Waals surface area contributed by atoms with Gasteiger partial charge in [0.25, 0.3) is 0 Å². The summed E-state index contributed by atoms with van der Waals surface area (Å²) in [5.74, 6) is 0.786. The summed E-state index contributed by atoms with van der Waals surface area (Å²) in [4.78, 5) is 16.2. The number of amides is 1. The molecule has 1 saturated heterocycles. The summed E-state index contributed by atoms with van der Waals surface area (Å²) in [6.45, 7) is 4.16. The van der Waals surface area contributed by atoms with Gasteiger partial charge in [-0.25, -0.2) is 0 Å². The van der Waals surface area contributed by atoms with Crippen molar-refractivity contribution in [3.63, 3.8) is 0 Å². The van der Waals surface area contributed by atoms with Gasteiger partial charge in [0.05, 0.1) is 11.7 Å². The zero-order chi connectivity index (χ0) is 13.5. The molecule has 0 aliphatic carbocycles. The van der Waals surface area contributed by atoms with Crippen LogP contribution in [-0.4, -0.2) is 24.0 Å². The molecule has 104 valence electrons. The van der Waals surface area contributed by atoms with Crippen LogP contribution in [0.1, 0.15) is 44.3 Å². The van der Waals surface area contributed by atoms with Gasteiger partial charge in [-0.1, -0.05) is 6.07 Å². The Morgan fingerprint density at radius 2 is 2.47 bits per heavy atom. The first-order valence-corrected chi connectivity index (χ1v) is 7.16. The first-order valence-electron chi connectivity index (χ1n) is 7.16. The molecular formula is C15H23N3O. The standard InChI is InChI=1S/C15H23N3O/c1-12(14-6-2-3-10-17-14)18-15(19)8-7-13-5-4-9-16-11-13/h2-3,6,10,12-13,16H,4-5,7-9,11H2,1H3,(H,18,19)/t12-,13?/m0/s1. The van der Waals surface area contributed by atoms with E-state index in [9.17, 15) is 4.79 Å². The average molecular weight is 261 g/mol. The van der Waals surface area contributed by atoms with Crippen LogP contribution in [0.25, 0.3) is 0 Å². The Hall–Kier alpha value is -1.42. The van der Waals surface area contributed by atoms with Gasteiger partial charge in [-0.3, -0.25) is 9.78 Å². The number of carbonyl (C=O) groups is 1. The van der Waals surface area contributed by atoms with Gasteiger partial charge in [0.2, 0.25) is 5.91 Å². The Kier molecular flexibility index (Phi) is 5.33. The third kappa shape index (κ3) is 4.63. The van der Waals surface area contributed by atoms with Gasteiger partial charge in [0, 0.05) is 12.6 Å². The van der Waals surface area contributed by atoms with Crippen LogP contribution in [0.3, 0.4) is 0 Å². The summed E-state index contributed by atoms with van der Waals surface area (Å²) in [6, 6.07) is 5.75. The zero-order valence-corrected chi connectivity index (χ0v) is 11.6. The molecule has 1 amide bonds. The number of rotatable bonds is 5. The second kappa shape index (κ2) is 7.24. The summed E-state index contributed by atoms with van der Waals surface area (Å²) in [5.41, 5.74) is 0.912. The van der Waals surface area contributed by atoms with E-state index in [0.717, 1.165) is 25.2 Å². The molecule has 2 atom stereocenters. The van der Waals surface area contributed by atoms with Crippen molar-refractivity contribution in [3.05, 3.63) is 30.1 Å². The van der Waals surface area contributed by atoms with E-state index in [2.05, 4.69) is 15.6 Å². The van der Waals surface area contributed by atoms with Crippen molar-refractivity contribution >= 4 is 5.91 Å². The van der Waals surface area contributed by atoms with Gasteiger partial charge in [-0.15, -0.1) is 0 Å². The van der Waals surface area contributed by atoms with Crippen molar-refractivity contribution in [1.29, 1.82) is 0 Å². The van der Waals surface area contributed by atoms with Crippen molar-refractivity contribution in [3.8, 4) is 0 Å². The molecule has 1 unspecified atom stereocenters. The highest BCUT2D eigenvalue weighted by molar-refractivity contribution is 5.76. The van der Waals surface area contributed by atoms with Gasteiger partial charge < -0.3 is 10.6 Å².